The third-order valence-corrected chi connectivity index (χ3v) is 3.55. The molecule has 16 heavy (non-hydrogen) atoms. The fraction of sp³-hybridized carbons (Fsp3) is 0.250. The normalized spacial score (nSPS) is 20.7. The molecule has 0 spiro atoms. The average molecular weight is 327 g/mol. The molecule has 0 saturated carbocycles. The second-order valence-electron chi connectivity index (χ2n) is 3.67. The summed E-state index contributed by atoms with van der Waals surface area (Å²) >= 11 is 2.26. The van der Waals surface area contributed by atoms with Crippen molar-refractivity contribution < 1.29 is 9.47 Å². The summed E-state index contributed by atoms with van der Waals surface area (Å²) in [5, 5.41) is 1.05. The van der Waals surface area contributed by atoms with Crippen LogP contribution in [0.15, 0.2) is 36.5 Å². The van der Waals surface area contributed by atoms with E-state index in [1.165, 1.54) is 0 Å². The maximum absolute atomic E-state index is 5.87. The number of pyridine rings is 1. The minimum Gasteiger partial charge on any atom is -0.477 e. The van der Waals surface area contributed by atoms with E-state index < -0.39 is 0 Å². The van der Waals surface area contributed by atoms with Gasteiger partial charge in [-0.15, -0.1) is 0 Å². The second-order valence-corrected chi connectivity index (χ2v) is 4.89. The van der Waals surface area contributed by atoms with Crippen molar-refractivity contribution in [3.8, 4) is 5.75 Å². The molecule has 0 amide bonds. The van der Waals surface area contributed by atoms with E-state index in [-0.39, 0.29) is 10.2 Å². The number of rotatable bonds is 3. The molecule has 1 aromatic carbocycles. The fourth-order valence-corrected chi connectivity index (χ4v) is 2.27. The molecule has 1 aliphatic rings. The van der Waals surface area contributed by atoms with Crippen LogP contribution in [-0.2, 0) is 4.74 Å². The molecule has 1 aromatic heterocycles. The zero-order valence-corrected chi connectivity index (χ0v) is 10.6. The maximum Gasteiger partial charge on any atom is 0.177 e. The summed E-state index contributed by atoms with van der Waals surface area (Å²) in [5.74, 6) is 0.875. The average Bonchev–Trinajstić information content (AvgIpc) is 3.13. The van der Waals surface area contributed by atoms with Gasteiger partial charge in [0.05, 0.1) is 12.1 Å². The van der Waals surface area contributed by atoms with Gasteiger partial charge in [0, 0.05) is 11.6 Å². The third-order valence-electron chi connectivity index (χ3n) is 2.50. The van der Waals surface area contributed by atoms with Crippen LogP contribution in [0, 0.1) is 0 Å². The van der Waals surface area contributed by atoms with Crippen molar-refractivity contribution >= 4 is 33.5 Å². The first-order valence-electron chi connectivity index (χ1n) is 5.11. The van der Waals surface area contributed by atoms with Crippen molar-refractivity contribution in [2.75, 3.05) is 6.61 Å². The van der Waals surface area contributed by atoms with Gasteiger partial charge in [0.1, 0.15) is 11.9 Å². The standard InChI is InChI=1S/C12H10INO2/c13-12(11-7-15-11)16-10-5-1-4-9-8(10)3-2-6-14-9/h1-6,11-12H,7H2. The van der Waals surface area contributed by atoms with Crippen molar-refractivity contribution in [2.45, 2.75) is 10.2 Å². The summed E-state index contributed by atoms with van der Waals surface area (Å²) in [7, 11) is 0. The minimum atomic E-state index is 0.0726. The number of alkyl halides is 1. The molecule has 3 rings (SSSR count). The van der Waals surface area contributed by atoms with E-state index in [0.717, 1.165) is 23.3 Å². The van der Waals surface area contributed by atoms with Gasteiger partial charge in [-0.3, -0.25) is 4.98 Å². The molecule has 2 heterocycles. The van der Waals surface area contributed by atoms with Crippen LogP contribution in [0.4, 0.5) is 0 Å². The largest absolute Gasteiger partial charge is 0.477 e. The molecule has 0 N–H and O–H groups in total. The summed E-state index contributed by atoms with van der Waals surface area (Å²) < 4.78 is 11.2. The number of epoxide rings is 1. The van der Waals surface area contributed by atoms with Gasteiger partial charge in [0.2, 0.25) is 0 Å². The second kappa shape index (κ2) is 4.18. The van der Waals surface area contributed by atoms with E-state index >= 15 is 0 Å². The Hall–Kier alpha value is -0.880. The topological polar surface area (TPSA) is 34.6 Å². The van der Waals surface area contributed by atoms with Gasteiger partial charge in [0.15, 0.2) is 4.11 Å². The lowest BCUT2D eigenvalue weighted by atomic mass is 10.2. The SMILES string of the molecule is IC(Oc1cccc2ncccc12)C1CO1. The van der Waals surface area contributed by atoms with Gasteiger partial charge >= 0.3 is 0 Å². The van der Waals surface area contributed by atoms with Crippen molar-refractivity contribution in [1.82, 2.24) is 4.98 Å². The molecule has 3 nitrogen and oxygen atoms in total. The summed E-state index contributed by atoms with van der Waals surface area (Å²) in [6.07, 6.45) is 2.03. The molecule has 1 aliphatic heterocycles. The molecule has 4 heteroatoms. The number of fused-ring (bicyclic) bond motifs is 1. The smallest absolute Gasteiger partial charge is 0.177 e. The van der Waals surface area contributed by atoms with Crippen LogP contribution in [0.3, 0.4) is 0 Å². The van der Waals surface area contributed by atoms with Crippen molar-refractivity contribution in [3.63, 3.8) is 0 Å². The highest BCUT2D eigenvalue weighted by Gasteiger charge is 2.32. The molecule has 1 fully saturated rings. The van der Waals surface area contributed by atoms with Gasteiger partial charge in [-0.2, -0.15) is 0 Å². The molecule has 2 unspecified atom stereocenters. The van der Waals surface area contributed by atoms with E-state index in [2.05, 4.69) is 27.6 Å². The molecule has 0 aliphatic carbocycles. The Bertz CT molecular complexity index is 508. The Labute approximate surface area is 107 Å². The quantitative estimate of drug-likeness (QED) is 0.494. The van der Waals surface area contributed by atoms with Crippen LogP contribution < -0.4 is 4.74 Å². The highest BCUT2D eigenvalue weighted by atomic mass is 127. The zero-order valence-electron chi connectivity index (χ0n) is 8.47. The van der Waals surface area contributed by atoms with Crippen LogP contribution in [0.1, 0.15) is 0 Å². The van der Waals surface area contributed by atoms with Crippen LogP contribution in [0.25, 0.3) is 10.9 Å². The summed E-state index contributed by atoms with van der Waals surface area (Å²) in [6.45, 7) is 0.802. The minimum absolute atomic E-state index is 0.0726. The fourth-order valence-electron chi connectivity index (χ4n) is 1.58. The van der Waals surface area contributed by atoms with E-state index in [4.69, 9.17) is 9.47 Å². The van der Waals surface area contributed by atoms with Gasteiger partial charge in [0.25, 0.3) is 0 Å². The number of aromatic nitrogens is 1. The summed E-state index contributed by atoms with van der Waals surface area (Å²) in [4.78, 5) is 4.30. The molecular formula is C12H10INO2. The van der Waals surface area contributed by atoms with Gasteiger partial charge < -0.3 is 9.47 Å². The molecular weight excluding hydrogens is 317 g/mol. The highest BCUT2D eigenvalue weighted by molar-refractivity contribution is 14.1. The van der Waals surface area contributed by atoms with Gasteiger partial charge in [-0.1, -0.05) is 6.07 Å². The Morgan fingerprint density at radius 2 is 2.25 bits per heavy atom. The number of nitrogens with zero attached hydrogens (tertiary/aromatic N) is 1. The van der Waals surface area contributed by atoms with Crippen molar-refractivity contribution in [2.24, 2.45) is 0 Å². The monoisotopic (exact) mass is 327 g/mol. The van der Waals surface area contributed by atoms with Crippen LogP contribution in [0.5, 0.6) is 5.75 Å². The first kappa shape index (κ1) is 10.3. The first-order chi connectivity index (χ1) is 7.84. The van der Waals surface area contributed by atoms with Crippen LogP contribution in [-0.4, -0.2) is 21.8 Å². The molecule has 0 bridgehead atoms. The van der Waals surface area contributed by atoms with Crippen LogP contribution in [0.2, 0.25) is 0 Å². The number of benzene rings is 1. The van der Waals surface area contributed by atoms with E-state index in [0.29, 0.717) is 0 Å². The molecule has 82 valence electrons. The maximum atomic E-state index is 5.87. The first-order valence-corrected chi connectivity index (χ1v) is 6.35. The van der Waals surface area contributed by atoms with E-state index in [1.54, 1.807) is 6.20 Å². The van der Waals surface area contributed by atoms with E-state index in [9.17, 15) is 0 Å². The molecule has 0 radical (unpaired) electrons. The number of hydrogen-bond donors (Lipinski definition) is 0. The number of halogens is 1. The van der Waals surface area contributed by atoms with Gasteiger partial charge in [-0.05, 0) is 46.9 Å². The zero-order chi connectivity index (χ0) is 11.0. The molecule has 1 saturated heterocycles. The molecule has 2 aromatic rings. The van der Waals surface area contributed by atoms with Gasteiger partial charge in [-0.25, -0.2) is 0 Å². The Morgan fingerprint density at radius 1 is 1.38 bits per heavy atom. The molecule has 2 atom stereocenters. The Kier molecular flexibility index (Phi) is 2.69. The number of ether oxygens (including phenoxy) is 2. The lowest BCUT2D eigenvalue weighted by Gasteiger charge is -2.12. The predicted octanol–water partition coefficient (Wildman–Crippen LogP) is 2.77. The summed E-state index contributed by atoms with van der Waals surface area (Å²) in [5.41, 5.74) is 0.959. The van der Waals surface area contributed by atoms with Crippen molar-refractivity contribution in [1.29, 1.82) is 0 Å². The summed E-state index contributed by atoms with van der Waals surface area (Å²) in [6, 6.07) is 9.86. The van der Waals surface area contributed by atoms with Crippen molar-refractivity contribution in [3.05, 3.63) is 36.5 Å². The van der Waals surface area contributed by atoms with Crippen LogP contribution >= 0.6 is 22.6 Å². The lowest BCUT2D eigenvalue weighted by molar-refractivity contribution is 0.249. The Balaban J connectivity index is 1.95. The predicted molar refractivity (Wildman–Crippen MR) is 69.9 cm³/mol. The lowest BCUT2D eigenvalue weighted by Crippen LogP contribution is -2.15. The highest BCUT2D eigenvalue weighted by Crippen LogP contribution is 2.29. The Morgan fingerprint density at radius 3 is 3.06 bits per heavy atom. The third kappa shape index (κ3) is 1.99. The van der Waals surface area contributed by atoms with E-state index in [1.807, 2.05) is 30.3 Å². The number of hydrogen-bond acceptors (Lipinski definition) is 3.